The number of carbonyl (C=O) groups excluding carboxylic acids is 2. The van der Waals surface area contributed by atoms with E-state index in [1.807, 2.05) is 17.0 Å². The standard InChI is InChI=1S/C22H34N4O2/c1-15-17-7-6-8-18(20(23)27)19(17)21(28)26(15)16-9-11-25(12-10-16)14-22(2,3)13-24(4)5/h6-8,15-16H,9-14H2,1-5H3,(H2,23,27). The zero-order valence-corrected chi connectivity index (χ0v) is 17.9. The Morgan fingerprint density at radius 3 is 2.46 bits per heavy atom. The van der Waals surface area contributed by atoms with Gasteiger partial charge < -0.3 is 20.4 Å². The Morgan fingerprint density at radius 1 is 1.25 bits per heavy atom. The Bertz CT molecular complexity index is 751. The predicted octanol–water partition coefficient (Wildman–Crippen LogP) is 2.35. The van der Waals surface area contributed by atoms with Gasteiger partial charge in [-0.15, -0.1) is 0 Å². The summed E-state index contributed by atoms with van der Waals surface area (Å²) in [6, 6.07) is 5.63. The fourth-order valence-electron chi connectivity index (χ4n) is 5.17. The van der Waals surface area contributed by atoms with Crippen LogP contribution in [0.1, 0.15) is 65.9 Å². The number of hydrogen-bond donors (Lipinski definition) is 1. The maximum Gasteiger partial charge on any atom is 0.255 e. The van der Waals surface area contributed by atoms with Gasteiger partial charge in [0.2, 0.25) is 5.91 Å². The van der Waals surface area contributed by atoms with Crippen molar-refractivity contribution < 1.29 is 9.59 Å². The number of nitrogens with zero attached hydrogens (tertiary/aromatic N) is 3. The Labute approximate surface area is 168 Å². The number of fused-ring (bicyclic) bond motifs is 1. The lowest BCUT2D eigenvalue weighted by molar-refractivity contribution is 0.0455. The van der Waals surface area contributed by atoms with Gasteiger partial charge in [0.15, 0.2) is 0 Å². The number of amides is 2. The molecule has 0 aliphatic carbocycles. The maximum absolute atomic E-state index is 13.2. The molecule has 0 saturated carbocycles. The molecular formula is C22H34N4O2. The minimum absolute atomic E-state index is 0.0106. The van der Waals surface area contributed by atoms with Crippen LogP contribution in [0.2, 0.25) is 0 Å². The summed E-state index contributed by atoms with van der Waals surface area (Å²) in [5, 5.41) is 0. The molecule has 6 heteroatoms. The van der Waals surface area contributed by atoms with Crippen molar-refractivity contribution in [3.63, 3.8) is 0 Å². The lowest BCUT2D eigenvalue weighted by Crippen LogP contribution is -2.49. The quantitative estimate of drug-likeness (QED) is 0.815. The van der Waals surface area contributed by atoms with Gasteiger partial charge in [0, 0.05) is 32.2 Å². The molecule has 0 spiro atoms. The third-order valence-electron chi connectivity index (χ3n) is 6.02. The third kappa shape index (κ3) is 4.08. The van der Waals surface area contributed by atoms with Crippen LogP contribution in [0.3, 0.4) is 0 Å². The van der Waals surface area contributed by atoms with Crippen molar-refractivity contribution in [1.29, 1.82) is 0 Å². The summed E-state index contributed by atoms with van der Waals surface area (Å²) in [5.41, 5.74) is 7.53. The first kappa shape index (κ1) is 20.8. The molecule has 1 aromatic rings. The van der Waals surface area contributed by atoms with Crippen molar-refractivity contribution in [3.8, 4) is 0 Å². The highest BCUT2D eigenvalue weighted by Crippen LogP contribution is 2.38. The molecular weight excluding hydrogens is 352 g/mol. The minimum atomic E-state index is -0.530. The monoisotopic (exact) mass is 386 g/mol. The van der Waals surface area contributed by atoms with Crippen molar-refractivity contribution in [2.24, 2.45) is 11.1 Å². The summed E-state index contributed by atoms with van der Waals surface area (Å²) in [6.07, 6.45) is 1.93. The van der Waals surface area contributed by atoms with Gasteiger partial charge in [-0.3, -0.25) is 9.59 Å². The van der Waals surface area contributed by atoms with Crippen LogP contribution >= 0.6 is 0 Å². The Kier molecular flexibility index (Phi) is 5.82. The highest BCUT2D eigenvalue weighted by molar-refractivity contribution is 6.09. The lowest BCUT2D eigenvalue weighted by Gasteiger charge is -2.41. The summed E-state index contributed by atoms with van der Waals surface area (Å²) in [6.45, 7) is 10.8. The van der Waals surface area contributed by atoms with E-state index in [1.54, 1.807) is 6.07 Å². The highest BCUT2D eigenvalue weighted by Gasteiger charge is 2.41. The average Bonchev–Trinajstić information content (AvgIpc) is 2.85. The van der Waals surface area contributed by atoms with Gasteiger partial charge in [-0.05, 0) is 50.9 Å². The van der Waals surface area contributed by atoms with Crippen molar-refractivity contribution >= 4 is 11.8 Å². The van der Waals surface area contributed by atoms with E-state index in [9.17, 15) is 9.59 Å². The van der Waals surface area contributed by atoms with E-state index < -0.39 is 5.91 Å². The number of hydrogen-bond acceptors (Lipinski definition) is 4. The average molecular weight is 387 g/mol. The van der Waals surface area contributed by atoms with Crippen LogP contribution in [0.15, 0.2) is 18.2 Å². The highest BCUT2D eigenvalue weighted by atomic mass is 16.2. The molecule has 0 aromatic heterocycles. The first-order valence-electron chi connectivity index (χ1n) is 10.2. The number of benzene rings is 1. The SMILES string of the molecule is CC1c2cccc(C(N)=O)c2C(=O)N1C1CCN(CC(C)(C)CN(C)C)CC1. The first-order valence-corrected chi connectivity index (χ1v) is 10.2. The molecule has 1 unspecified atom stereocenters. The molecule has 0 radical (unpaired) electrons. The van der Waals surface area contributed by atoms with Gasteiger partial charge in [0.25, 0.3) is 5.91 Å². The zero-order chi connectivity index (χ0) is 20.6. The molecule has 1 aromatic carbocycles. The first-order chi connectivity index (χ1) is 13.1. The maximum atomic E-state index is 13.2. The summed E-state index contributed by atoms with van der Waals surface area (Å²) in [7, 11) is 4.23. The van der Waals surface area contributed by atoms with Crippen LogP contribution in [0.4, 0.5) is 0 Å². The smallest absolute Gasteiger partial charge is 0.255 e. The van der Waals surface area contributed by atoms with Crippen molar-refractivity contribution in [3.05, 3.63) is 34.9 Å². The van der Waals surface area contributed by atoms with Crippen LogP contribution in [-0.2, 0) is 0 Å². The van der Waals surface area contributed by atoms with Crippen LogP contribution in [0.25, 0.3) is 0 Å². The van der Waals surface area contributed by atoms with Gasteiger partial charge in [-0.1, -0.05) is 26.0 Å². The van der Waals surface area contributed by atoms with Crippen molar-refractivity contribution in [2.45, 2.75) is 45.7 Å². The third-order valence-corrected chi connectivity index (χ3v) is 6.02. The van der Waals surface area contributed by atoms with Crippen LogP contribution in [-0.4, -0.2) is 72.8 Å². The second-order valence-corrected chi connectivity index (χ2v) is 9.43. The topological polar surface area (TPSA) is 69.9 Å². The summed E-state index contributed by atoms with van der Waals surface area (Å²) in [4.78, 5) is 31.7. The van der Waals surface area contributed by atoms with Crippen LogP contribution in [0, 0.1) is 5.41 Å². The van der Waals surface area contributed by atoms with Crippen molar-refractivity contribution in [1.82, 2.24) is 14.7 Å². The van der Waals surface area contributed by atoms with E-state index in [0.717, 1.165) is 44.6 Å². The van der Waals surface area contributed by atoms with Crippen LogP contribution in [0.5, 0.6) is 0 Å². The molecule has 2 heterocycles. The number of primary amides is 1. The van der Waals surface area contributed by atoms with E-state index in [2.05, 4.69) is 44.7 Å². The largest absolute Gasteiger partial charge is 0.366 e. The molecule has 2 aliphatic heterocycles. The van der Waals surface area contributed by atoms with Gasteiger partial charge in [-0.25, -0.2) is 0 Å². The number of piperidine rings is 1. The van der Waals surface area contributed by atoms with Gasteiger partial charge >= 0.3 is 0 Å². The Morgan fingerprint density at radius 2 is 1.89 bits per heavy atom. The van der Waals surface area contributed by atoms with Gasteiger partial charge in [-0.2, -0.15) is 0 Å². The molecule has 3 rings (SSSR count). The molecule has 1 fully saturated rings. The second-order valence-electron chi connectivity index (χ2n) is 9.43. The number of carbonyl (C=O) groups is 2. The Balaban J connectivity index is 1.68. The molecule has 2 N–H and O–H groups in total. The molecule has 6 nitrogen and oxygen atoms in total. The molecule has 1 atom stereocenters. The molecule has 2 aliphatic rings. The zero-order valence-electron chi connectivity index (χ0n) is 17.9. The fraction of sp³-hybridized carbons (Fsp3) is 0.636. The molecule has 154 valence electrons. The van der Waals surface area contributed by atoms with E-state index >= 15 is 0 Å². The molecule has 1 saturated heterocycles. The van der Waals surface area contributed by atoms with Gasteiger partial charge in [0.05, 0.1) is 17.2 Å². The summed E-state index contributed by atoms with van der Waals surface area (Å²) >= 11 is 0. The molecule has 0 bridgehead atoms. The Hall–Kier alpha value is -1.92. The number of rotatable bonds is 6. The molecule has 2 amide bonds. The van der Waals surface area contributed by atoms with E-state index in [0.29, 0.717) is 11.1 Å². The fourth-order valence-corrected chi connectivity index (χ4v) is 5.17. The van der Waals surface area contributed by atoms with E-state index in [4.69, 9.17) is 5.73 Å². The normalized spacial score (nSPS) is 21.4. The van der Waals surface area contributed by atoms with E-state index in [1.165, 1.54) is 0 Å². The summed E-state index contributed by atoms with van der Waals surface area (Å²) < 4.78 is 0. The minimum Gasteiger partial charge on any atom is -0.366 e. The van der Waals surface area contributed by atoms with Crippen molar-refractivity contribution in [2.75, 3.05) is 40.3 Å². The second kappa shape index (κ2) is 7.84. The predicted molar refractivity (Wildman–Crippen MR) is 111 cm³/mol. The summed E-state index contributed by atoms with van der Waals surface area (Å²) in [5.74, 6) is -0.569. The number of likely N-dealkylation sites (tertiary alicyclic amines) is 1. The number of nitrogens with two attached hydrogens (primary N) is 1. The molecule has 28 heavy (non-hydrogen) atoms. The lowest BCUT2D eigenvalue weighted by atomic mass is 9.90. The van der Waals surface area contributed by atoms with Gasteiger partial charge in [0.1, 0.15) is 0 Å². The van der Waals surface area contributed by atoms with Crippen LogP contribution < -0.4 is 5.73 Å². The van der Waals surface area contributed by atoms with E-state index in [-0.39, 0.29) is 23.4 Å².